The predicted octanol–water partition coefficient (Wildman–Crippen LogP) is 4.05. The van der Waals surface area contributed by atoms with Crippen molar-refractivity contribution in [3.05, 3.63) is 59.3 Å². The zero-order chi connectivity index (χ0) is 21.3. The lowest BCUT2D eigenvalue weighted by molar-refractivity contribution is -0.141. The molecule has 0 fully saturated rings. The van der Waals surface area contributed by atoms with E-state index in [4.69, 9.17) is 0 Å². The molecule has 3 rings (SSSR count). The van der Waals surface area contributed by atoms with E-state index < -0.39 is 40.8 Å². The molecule has 152 valence electrons. The van der Waals surface area contributed by atoms with Crippen molar-refractivity contribution < 1.29 is 31.1 Å². The second-order valence-corrected chi connectivity index (χ2v) is 5.71. The molecule has 2 heterocycles. The van der Waals surface area contributed by atoms with E-state index >= 15 is 0 Å². The minimum absolute atomic E-state index is 0.0343. The Bertz CT molecular complexity index is 1040. The van der Waals surface area contributed by atoms with Gasteiger partial charge in [-0.3, -0.25) is 9.48 Å². The van der Waals surface area contributed by atoms with Gasteiger partial charge in [0.2, 0.25) is 0 Å². The average Bonchev–Trinajstić information content (AvgIpc) is 3.06. The lowest BCUT2D eigenvalue weighted by Crippen LogP contribution is -2.17. The number of aryl methyl sites for hydroxylation is 1. The number of anilines is 1. The molecule has 29 heavy (non-hydrogen) atoms. The molecule has 0 unspecified atom stereocenters. The largest absolute Gasteiger partial charge is 0.435 e. The Kier molecular flexibility index (Phi) is 5.27. The molecule has 0 atom stereocenters. The molecule has 1 amide bonds. The third-order valence-electron chi connectivity index (χ3n) is 3.76. The fraction of sp³-hybridized carbons (Fsp3) is 0.176. The van der Waals surface area contributed by atoms with Crippen LogP contribution in [0, 0.1) is 17.5 Å². The van der Waals surface area contributed by atoms with Crippen molar-refractivity contribution in [3.63, 3.8) is 0 Å². The van der Waals surface area contributed by atoms with E-state index in [1.807, 2.05) is 0 Å². The fourth-order valence-corrected chi connectivity index (χ4v) is 2.47. The summed E-state index contributed by atoms with van der Waals surface area (Å²) in [6, 6.07) is 1.49. The van der Waals surface area contributed by atoms with Crippen molar-refractivity contribution >= 4 is 11.7 Å². The standard InChI is InChI=1S/C17H11F6N5O/c1-2-28-12(5-13(27-28)17(21,22)23)11-6-25-14(7-24-11)26-16(29)15-9(19)3-8(18)4-10(15)20/h3-7H,2H2,1H3,(H,25,26,29). The summed E-state index contributed by atoms with van der Waals surface area (Å²) in [6.07, 6.45) is -2.58. The van der Waals surface area contributed by atoms with Gasteiger partial charge in [-0.25, -0.2) is 23.1 Å². The van der Waals surface area contributed by atoms with Gasteiger partial charge in [-0.15, -0.1) is 0 Å². The van der Waals surface area contributed by atoms with Crippen LogP contribution in [0.2, 0.25) is 0 Å². The average molecular weight is 415 g/mol. The summed E-state index contributed by atoms with van der Waals surface area (Å²) in [4.78, 5) is 19.7. The summed E-state index contributed by atoms with van der Waals surface area (Å²) in [6.45, 7) is 1.72. The Balaban J connectivity index is 1.85. The molecule has 0 saturated carbocycles. The van der Waals surface area contributed by atoms with Crippen molar-refractivity contribution in [2.75, 3.05) is 5.32 Å². The monoisotopic (exact) mass is 415 g/mol. The third kappa shape index (κ3) is 4.20. The smallest absolute Gasteiger partial charge is 0.305 e. The van der Waals surface area contributed by atoms with Crippen LogP contribution in [0.3, 0.4) is 0 Å². The van der Waals surface area contributed by atoms with Crippen LogP contribution in [-0.2, 0) is 12.7 Å². The molecular weight excluding hydrogens is 404 g/mol. The Hall–Kier alpha value is -3.44. The highest BCUT2D eigenvalue weighted by Gasteiger charge is 2.35. The minimum Gasteiger partial charge on any atom is -0.305 e. The maximum Gasteiger partial charge on any atom is 0.435 e. The summed E-state index contributed by atoms with van der Waals surface area (Å²) >= 11 is 0. The zero-order valence-electron chi connectivity index (χ0n) is 14.6. The van der Waals surface area contributed by atoms with E-state index in [9.17, 15) is 31.1 Å². The van der Waals surface area contributed by atoms with Crippen LogP contribution >= 0.6 is 0 Å². The van der Waals surface area contributed by atoms with E-state index in [-0.39, 0.29) is 23.8 Å². The van der Waals surface area contributed by atoms with Crippen LogP contribution < -0.4 is 5.32 Å². The van der Waals surface area contributed by atoms with Crippen LogP contribution in [0.5, 0.6) is 0 Å². The first-order valence-electron chi connectivity index (χ1n) is 8.03. The molecule has 1 aromatic carbocycles. The third-order valence-corrected chi connectivity index (χ3v) is 3.76. The quantitative estimate of drug-likeness (QED) is 0.653. The highest BCUT2D eigenvalue weighted by Crippen LogP contribution is 2.31. The summed E-state index contributed by atoms with van der Waals surface area (Å²) in [7, 11) is 0. The van der Waals surface area contributed by atoms with Gasteiger partial charge in [-0.05, 0) is 13.0 Å². The maximum atomic E-state index is 13.7. The van der Waals surface area contributed by atoms with Gasteiger partial charge in [0.1, 0.15) is 28.7 Å². The zero-order valence-corrected chi connectivity index (χ0v) is 14.6. The molecule has 0 saturated heterocycles. The Morgan fingerprint density at radius 1 is 1.07 bits per heavy atom. The highest BCUT2D eigenvalue weighted by molar-refractivity contribution is 6.04. The SMILES string of the molecule is CCn1nc(C(F)(F)F)cc1-c1cnc(NC(=O)c2c(F)cc(F)cc2F)cn1. The number of halogens is 6. The summed E-state index contributed by atoms with van der Waals surface area (Å²) in [5.74, 6) is -5.46. The number of aromatic nitrogens is 4. The maximum absolute atomic E-state index is 13.7. The number of amides is 1. The van der Waals surface area contributed by atoms with E-state index in [0.717, 1.165) is 23.1 Å². The number of benzene rings is 1. The molecular formula is C17H11F6N5O. The Labute approximate surface area is 159 Å². The number of alkyl halides is 3. The van der Waals surface area contributed by atoms with Gasteiger partial charge < -0.3 is 5.32 Å². The second-order valence-electron chi connectivity index (χ2n) is 5.71. The first kappa shape index (κ1) is 20.3. The van der Waals surface area contributed by atoms with Gasteiger partial charge in [0, 0.05) is 18.7 Å². The molecule has 0 aliphatic carbocycles. The number of carbonyl (C=O) groups is 1. The van der Waals surface area contributed by atoms with Crippen molar-refractivity contribution in [2.24, 2.45) is 0 Å². The molecule has 6 nitrogen and oxygen atoms in total. The molecule has 12 heteroatoms. The highest BCUT2D eigenvalue weighted by atomic mass is 19.4. The Morgan fingerprint density at radius 2 is 1.72 bits per heavy atom. The number of hydrogen-bond donors (Lipinski definition) is 1. The molecule has 1 N–H and O–H groups in total. The van der Waals surface area contributed by atoms with Gasteiger partial charge in [-0.1, -0.05) is 0 Å². The van der Waals surface area contributed by atoms with Crippen molar-refractivity contribution in [1.29, 1.82) is 0 Å². The molecule has 0 radical (unpaired) electrons. The normalized spacial score (nSPS) is 11.6. The molecule has 0 spiro atoms. The lowest BCUT2D eigenvalue weighted by atomic mass is 10.2. The van der Waals surface area contributed by atoms with Gasteiger partial charge in [-0.2, -0.15) is 18.3 Å². The van der Waals surface area contributed by atoms with Crippen LogP contribution in [0.15, 0.2) is 30.6 Å². The van der Waals surface area contributed by atoms with Crippen LogP contribution in [0.25, 0.3) is 11.4 Å². The number of hydrogen-bond acceptors (Lipinski definition) is 4. The first-order valence-corrected chi connectivity index (χ1v) is 8.03. The number of nitrogens with zero attached hydrogens (tertiary/aromatic N) is 4. The van der Waals surface area contributed by atoms with Crippen molar-refractivity contribution in [1.82, 2.24) is 19.7 Å². The van der Waals surface area contributed by atoms with Crippen LogP contribution in [-0.4, -0.2) is 25.7 Å². The van der Waals surface area contributed by atoms with Gasteiger partial charge in [0.05, 0.1) is 18.1 Å². The molecule has 2 aromatic heterocycles. The number of nitrogens with one attached hydrogen (secondary N) is 1. The van der Waals surface area contributed by atoms with Crippen molar-refractivity contribution in [2.45, 2.75) is 19.6 Å². The first-order chi connectivity index (χ1) is 13.6. The topological polar surface area (TPSA) is 72.7 Å². The minimum atomic E-state index is -4.64. The van der Waals surface area contributed by atoms with Crippen LogP contribution in [0.4, 0.5) is 32.2 Å². The fourth-order valence-electron chi connectivity index (χ4n) is 2.47. The molecule has 0 aliphatic rings. The van der Waals surface area contributed by atoms with E-state index in [1.54, 1.807) is 6.92 Å². The van der Waals surface area contributed by atoms with E-state index in [1.165, 1.54) is 0 Å². The van der Waals surface area contributed by atoms with E-state index in [2.05, 4.69) is 20.4 Å². The molecule has 3 aromatic rings. The Morgan fingerprint density at radius 3 is 2.24 bits per heavy atom. The van der Waals surface area contributed by atoms with Gasteiger partial charge in [0.15, 0.2) is 11.5 Å². The predicted molar refractivity (Wildman–Crippen MR) is 88.2 cm³/mol. The molecule has 0 bridgehead atoms. The summed E-state index contributed by atoms with van der Waals surface area (Å²) in [5.41, 5.74) is -2.04. The summed E-state index contributed by atoms with van der Waals surface area (Å²) < 4.78 is 79.9. The second kappa shape index (κ2) is 7.53. The lowest BCUT2D eigenvalue weighted by Gasteiger charge is -2.08. The van der Waals surface area contributed by atoms with Crippen molar-refractivity contribution in [3.8, 4) is 11.4 Å². The molecule has 0 aliphatic heterocycles. The van der Waals surface area contributed by atoms with E-state index in [0.29, 0.717) is 12.1 Å². The number of carbonyl (C=O) groups excluding carboxylic acids is 1. The summed E-state index contributed by atoms with van der Waals surface area (Å²) in [5, 5.41) is 5.53. The number of rotatable bonds is 4. The van der Waals surface area contributed by atoms with Crippen LogP contribution in [0.1, 0.15) is 23.0 Å². The van der Waals surface area contributed by atoms with Gasteiger partial charge >= 0.3 is 6.18 Å². The van der Waals surface area contributed by atoms with Gasteiger partial charge in [0.25, 0.3) is 5.91 Å².